The Labute approximate surface area is 123 Å². The van der Waals surface area contributed by atoms with Crippen LogP contribution in [0.5, 0.6) is 0 Å². The van der Waals surface area contributed by atoms with Gasteiger partial charge in [-0.05, 0) is 24.1 Å². The molecular weight excluding hydrogens is 275 g/mol. The smallest absolute Gasteiger partial charge is 0.222 e. The Hall–Kier alpha value is -1.95. The first-order valence-electron chi connectivity index (χ1n) is 6.80. The summed E-state index contributed by atoms with van der Waals surface area (Å²) in [7, 11) is 3.35. The molecule has 1 aromatic carbocycles. The lowest BCUT2D eigenvalue weighted by Crippen LogP contribution is -2.28. The Bertz CT molecular complexity index is 492. The topological polar surface area (TPSA) is 69.6 Å². The van der Waals surface area contributed by atoms with Gasteiger partial charge in [0.2, 0.25) is 11.8 Å². The number of halogens is 1. The van der Waals surface area contributed by atoms with Crippen LogP contribution in [0.4, 0.5) is 4.39 Å². The number of hydrogen-bond acceptors (Lipinski definition) is 3. The molecule has 0 bridgehead atoms. The SMILES string of the molecule is CN(C)C(=O)CCCNC(=O)CC(O)c1cccc(F)c1. The number of rotatable bonds is 7. The van der Waals surface area contributed by atoms with Gasteiger partial charge in [0.15, 0.2) is 0 Å². The first kappa shape index (κ1) is 17.1. The zero-order valence-electron chi connectivity index (χ0n) is 12.3. The highest BCUT2D eigenvalue weighted by atomic mass is 19.1. The number of aliphatic hydroxyl groups excluding tert-OH is 1. The molecule has 0 spiro atoms. The highest BCUT2D eigenvalue weighted by Crippen LogP contribution is 2.17. The van der Waals surface area contributed by atoms with E-state index in [0.29, 0.717) is 24.9 Å². The van der Waals surface area contributed by atoms with Gasteiger partial charge in [0.1, 0.15) is 5.82 Å². The summed E-state index contributed by atoms with van der Waals surface area (Å²) in [6, 6.07) is 5.53. The van der Waals surface area contributed by atoms with Crippen molar-refractivity contribution >= 4 is 11.8 Å². The standard InChI is InChI=1S/C15H21FN2O3/c1-18(2)15(21)7-4-8-17-14(20)10-13(19)11-5-3-6-12(16)9-11/h3,5-6,9,13,19H,4,7-8,10H2,1-2H3,(H,17,20). The average Bonchev–Trinajstić information content (AvgIpc) is 2.43. The van der Waals surface area contributed by atoms with Crippen molar-refractivity contribution < 1.29 is 19.1 Å². The van der Waals surface area contributed by atoms with Gasteiger partial charge < -0.3 is 15.3 Å². The molecule has 2 amide bonds. The number of hydrogen-bond donors (Lipinski definition) is 2. The van der Waals surface area contributed by atoms with Crippen molar-refractivity contribution in [1.29, 1.82) is 0 Å². The summed E-state index contributed by atoms with van der Waals surface area (Å²) in [5, 5.41) is 12.5. The van der Waals surface area contributed by atoms with E-state index in [4.69, 9.17) is 0 Å². The van der Waals surface area contributed by atoms with Gasteiger partial charge in [-0.2, -0.15) is 0 Å². The molecule has 1 unspecified atom stereocenters. The minimum atomic E-state index is -1.04. The Morgan fingerprint density at radius 3 is 2.71 bits per heavy atom. The summed E-state index contributed by atoms with van der Waals surface area (Å²) in [4.78, 5) is 24.4. The number of amides is 2. The van der Waals surface area contributed by atoms with E-state index in [0.717, 1.165) is 0 Å². The molecule has 1 atom stereocenters. The minimum absolute atomic E-state index is 0.00374. The lowest BCUT2D eigenvalue weighted by atomic mass is 10.1. The molecule has 1 aromatic rings. The molecule has 0 saturated carbocycles. The lowest BCUT2D eigenvalue weighted by Gasteiger charge is -2.12. The fourth-order valence-electron chi connectivity index (χ4n) is 1.77. The molecule has 0 aliphatic rings. The number of benzene rings is 1. The Kier molecular flexibility index (Phi) is 6.81. The van der Waals surface area contributed by atoms with Crippen LogP contribution in [-0.4, -0.2) is 42.5 Å². The van der Waals surface area contributed by atoms with Crippen molar-refractivity contribution in [3.05, 3.63) is 35.6 Å². The minimum Gasteiger partial charge on any atom is -0.388 e. The van der Waals surface area contributed by atoms with Crippen molar-refractivity contribution in [1.82, 2.24) is 10.2 Å². The summed E-state index contributed by atoms with van der Waals surface area (Å²) in [5.74, 6) is -0.776. The number of carbonyl (C=O) groups is 2. The largest absolute Gasteiger partial charge is 0.388 e. The van der Waals surface area contributed by atoms with Crippen molar-refractivity contribution in [2.24, 2.45) is 0 Å². The second-order valence-corrected chi connectivity index (χ2v) is 5.02. The second-order valence-electron chi connectivity index (χ2n) is 5.02. The van der Waals surface area contributed by atoms with Crippen LogP contribution < -0.4 is 5.32 Å². The average molecular weight is 296 g/mol. The number of aliphatic hydroxyl groups is 1. The van der Waals surface area contributed by atoms with Crippen LogP contribution in [0.25, 0.3) is 0 Å². The number of nitrogens with zero attached hydrogens (tertiary/aromatic N) is 1. The van der Waals surface area contributed by atoms with Gasteiger partial charge in [-0.25, -0.2) is 4.39 Å². The van der Waals surface area contributed by atoms with Crippen LogP contribution in [0.15, 0.2) is 24.3 Å². The van der Waals surface area contributed by atoms with E-state index in [2.05, 4.69) is 5.32 Å². The first-order valence-corrected chi connectivity index (χ1v) is 6.80. The molecule has 2 N–H and O–H groups in total. The van der Waals surface area contributed by atoms with Crippen LogP contribution >= 0.6 is 0 Å². The van der Waals surface area contributed by atoms with Crippen molar-refractivity contribution in [2.75, 3.05) is 20.6 Å². The molecule has 0 aliphatic heterocycles. The molecule has 0 saturated heterocycles. The molecular formula is C15H21FN2O3. The maximum atomic E-state index is 13.0. The maximum Gasteiger partial charge on any atom is 0.222 e. The summed E-state index contributed by atoms with van der Waals surface area (Å²) >= 11 is 0. The highest BCUT2D eigenvalue weighted by molar-refractivity contribution is 5.77. The molecule has 6 heteroatoms. The lowest BCUT2D eigenvalue weighted by molar-refractivity contribution is -0.129. The molecule has 5 nitrogen and oxygen atoms in total. The normalized spacial score (nSPS) is 11.8. The summed E-state index contributed by atoms with van der Waals surface area (Å²) in [6.07, 6.45) is -0.270. The second kappa shape index (κ2) is 8.36. The Balaban J connectivity index is 2.29. The predicted molar refractivity (Wildman–Crippen MR) is 76.9 cm³/mol. The van der Waals surface area contributed by atoms with Crippen LogP contribution in [0.3, 0.4) is 0 Å². The van der Waals surface area contributed by atoms with Gasteiger partial charge in [-0.1, -0.05) is 12.1 Å². The van der Waals surface area contributed by atoms with Crippen molar-refractivity contribution in [2.45, 2.75) is 25.4 Å². The van der Waals surface area contributed by atoms with Gasteiger partial charge in [-0.3, -0.25) is 9.59 Å². The fraction of sp³-hybridized carbons (Fsp3) is 0.467. The number of nitrogens with one attached hydrogen (secondary N) is 1. The van der Waals surface area contributed by atoms with Crippen LogP contribution in [0.2, 0.25) is 0 Å². The highest BCUT2D eigenvalue weighted by Gasteiger charge is 2.13. The van der Waals surface area contributed by atoms with Gasteiger partial charge in [0, 0.05) is 27.1 Å². The Morgan fingerprint density at radius 1 is 1.38 bits per heavy atom. The van der Waals surface area contributed by atoms with E-state index in [-0.39, 0.29) is 18.2 Å². The van der Waals surface area contributed by atoms with Gasteiger partial charge in [0.25, 0.3) is 0 Å². The van der Waals surface area contributed by atoms with Crippen LogP contribution in [0, 0.1) is 5.82 Å². The van der Waals surface area contributed by atoms with Gasteiger partial charge in [0.05, 0.1) is 12.5 Å². The molecule has 0 radical (unpaired) electrons. The quantitative estimate of drug-likeness (QED) is 0.744. The molecule has 116 valence electrons. The van der Waals surface area contributed by atoms with Crippen LogP contribution in [-0.2, 0) is 9.59 Å². The van der Waals surface area contributed by atoms with Crippen LogP contribution in [0.1, 0.15) is 30.9 Å². The summed E-state index contributed by atoms with van der Waals surface area (Å²) in [6.45, 7) is 0.369. The molecule has 1 rings (SSSR count). The summed E-state index contributed by atoms with van der Waals surface area (Å²) < 4.78 is 13.0. The third kappa shape index (κ3) is 6.35. The van der Waals surface area contributed by atoms with E-state index in [1.807, 2.05) is 0 Å². The van der Waals surface area contributed by atoms with Gasteiger partial charge in [-0.15, -0.1) is 0 Å². The monoisotopic (exact) mass is 296 g/mol. The Morgan fingerprint density at radius 2 is 2.10 bits per heavy atom. The number of carbonyl (C=O) groups excluding carboxylic acids is 2. The van der Waals surface area contributed by atoms with Crippen molar-refractivity contribution in [3.8, 4) is 0 Å². The molecule has 21 heavy (non-hydrogen) atoms. The molecule has 0 aromatic heterocycles. The zero-order valence-corrected chi connectivity index (χ0v) is 12.3. The summed E-state index contributed by atoms with van der Waals surface area (Å²) in [5.41, 5.74) is 0.368. The van der Waals surface area contributed by atoms with Crippen molar-refractivity contribution in [3.63, 3.8) is 0 Å². The van der Waals surface area contributed by atoms with E-state index < -0.39 is 11.9 Å². The van der Waals surface area contributed by atoms with E-state index in [1.165, 1.54) is 23.1 Å². The zero-order chi connectivity index (χ0) is 15.8. The maximum absolute atomic E-state index is 13.0. The fourth-order valence-corrected chi connectivity index (χ4v) is 1.77. The van der Waals surface area contributed by atoms with E-state index >= 15 is 0 Å². The third-order valence-electron chi connectivity index (χ3n) is 3.00. The van der Waals surface area contributed by atoms with E-state index in [1.54, 1.807) is 20.2 Å². The molecule has 0 heterocycles. The molecule has 0 aliphatic carbocycles. The first-order chi connectivity index (χ1) is 9.90. The van der Waals surface area contributed by atoms with Gasteiger partial charge >= 0.3 is 0 Å². The van der Waals surface area contributed by atoms with E-state index in [9.17, 15) is 19.1 Å². The third-order valence-corrected chi connectivity index (χ3v) is 3.00. The molecule has 0 fully saturated rings. The predicted octanol–water partition coefficient (Wildman–Crippen LogP) is 1.23.